The number of aromatic nitrogens is 2. The van der Waals surface area contributed by atoms with Crippen molar-refractivity contribution in [2.75, 3.05) is 10.6 Å². The van der Waals surface area contributed by atoms with Crippen LogP contribution >= 0.6 is 22.6 Å². The van der Waals surface area contributed by atoms with E-state index in [1.807, 2.05) is 56.3 Å². The first kappa shape index (κ1) is 18.1. The minimum Gasteiger partial charge on any atom is -0.334 e. The third-order valence-electron chi connectivity index (χ3n) is 3.60. The predicted molar refractivity (Wildman–Crippen MR) is 110 cm³/mol. The second-order valence-corrected chi connectivity index (χ2v) is 7.06. The van der Waals surface area contributed by atoms with Gasteiger partial charge in [-0.2, -0.15) is 0 Å². The Labute approximate surface area is 164 Å². The zero-order chi connectivity index (χ0) is 18.7. The molecule has 2 aromatic carbocycles. The smallest absolute Gasteiger partial charge is 0.334 e. The maximum atomic E-state index is 11.7. The molecule has 7 nitrogen and oxygen atoms in total. The van der Waals surface area contributed by atoms with E-state index in [2.05, 4.69) is 43.2 Å². The number of rotatable bonds is 5. The van der Waals surface area contributed by atoms with E-state index in [9.17, 15) is 10.1 Å². The Balaban J connectivity index is 1.98. The van der Waals surface area contributed by atoms with Gasteiger partial charge in [0.25, 0.3) is 0 Å². The first-order chi connectivity index (χ1) is 12.4. The van der Waals surface area contributed by atoms with Crippen molar-refractivity contribution in [3.8, 4) is 0 Å². The van der Waals surface area contributed by atoms with Gasteiger partial charge in [0.15, 0.2) is 0 Å². The summed E-state index contributed by atoms with van der Waals surface area (Å²) < 4.78 is 1.07. The van der Waals surface area contributed by atoms with Crippen molar-refractivity contribution in [3.63, 3.8) is 0 Å². The van der Waals surface area contributed by atoms with Crippen LogP contribution in [-0.2, 0) is 0 Å². The fraction of sp³-hybridized carbons (Fsp3) is 0.111. The molecule has 2 N–H and O–H groups in total. The van der Waals surface area contributed by atoms with Gasteiger partial charge in [-0.3, -0.25) is 10.1 Å². The monoisotopic (exact) mass is 461 g/mol. The van der Waals surface area contributed by atoms with Crippen LogP contribution < -0.4 is 10.6 Å². The van der Waals surface area contributed by atoms with Crippen LogP contribution in [0.3, 0.4) is 0 Å². The Hall–Kier alpha value is -2.75. The van der Waals surface area contributed by atoms with Crippen LogP contribution in [0.4, 0.5) is 28.7 Å². The minimum absolute atomic E-state index is 0.137. The maximum absolute atomic E-state index is 11.7. The van der Waals surface area contributed by atoms with Gasteiger partial charge in [-0.25, -0.2) is 9.97 Å². The second-order valence-electron chi connectivity index (χ2n) is 5.81. The number of nitro groups is 1. The van der Waals surface area contributed by atoms with Gasteiger partial charge in [-0.15, -0.1) is 0 Å². The standard InChI is InChI=1S/C18H16IN5O2/c1-11-7-12(2)9-15(8-11)23-18-16(24(25)26)17(20-10-21-18)22-14-5-3-13(19)4-6-14/h3-10H,1-2H3,(H2,20,21,22,23). The van der Waals surface area contributed by atoms with Crippen molar-refractivity contribution in [2.24, 2.45) is 0 Å². The first-order valence-corrected chi connectivity index (χ1v) is 8.87. The van der Waals surface area contributed by atoms with Gasteiger partial charge in [-0.1, -0.05) is 6.07 Å². The number of anilines is 4. The Morgan fingerprint density at radius 3 is 2.00 bits per heavy atom. The first-order valence-electron chi connectivity index (χ1n) is 7.79. The van der Waals surface area contributed by atoms with Gasteiger partial charge in [0, 0.05) is 14.9 Å². The molecule has 0 radical (unpaired) electrons. The number of nitrogens with one attached hydrogen (secondary N) is 2. The maximum Gasteiger partial charge on any atom is 0.353 e. The van der Waals surface area contributed by atoms with E-state index in [-0.39, 0.29) is 17.3 Å². The molecule has 0 amide bonds. The van der Waals surface area contributed by atoms with Crippen LogP contribution in [0.2, 0.25) is 0 Å². The summed E-state index contributed by atoms with van der Waals surface area (Å²) in [6.07, 6.45) is 1.30. The molecule has 3 rings (SSSR count). The minimum atomic E-state index is -0.486. The van der Waals surface area contributed by atoms with Gasteiger partial charge in [0.05, 0.1) is 4.92 Å². The highest BCUT2D eigenvalue weighted by Gasteiger charge is 2.23. The van der Waals surface area contributed by atoms with Crippen LogP contribution in [0.25, 0.3) is 0 Å². The molecule has 0 fully saturated rings. The fourth-order valence-corrected chi connectivity index (χ4v) is 2.95. The van der Waals surface area contributed by atoms with Crippen LogP contribution in [0.15, 0.2) is 48.8 Å². The Bertz CT molecular complexity index is 940. The Kier molecular flexibility index (Phi) is 5.31. The molecule has 132 valence electrons. The molecular formula is C18H16IN5O2. The van der Waals surface area contributed by atoms with Gasteiger partial charge >= 0.3 is 5.69 Å². The van der Waals surface area contributed by atoms with E-state index in [0.717, 1.165) is 20.4 Å². The van der Waals surface area contributed by atoms with Crippen molar-refractivity contribution in [1.82, 2.24) is 9.97 Å². The largest absolute Gasteiger partial charge is 0.353 e. The van der Waals surface area contributed by atoms with Crippen LogP contribution in [0.5, 0.6) is 0 Å². The molecule has 0 spiro atoms. The Morgan fingerprint density at radius 2 is 1.46 bits per heavy atom. The van der Waals surface area contributed by atoms with E-state index in [0.29, 0.717) is 5.69 Å². The lowest BCUT2D eigenvalue weighted by Crippen LogP contribution is -2.05. The van der Waals surface area contributed by atoms with Crippen molar-refractivity contribution in [3.05, 3.63) is 73.6 Å². The third kappa shape index (κ3) is 4.26. The van der Waals surface area contributed by atoms with Crippen molar-refractivity contribution in [1.29, 1.82) is 0 Å². The SMILES string of the molecule is Cc1cc(C)cc(Nc2ncnc(Nc3ccc(I)cc3)c2[N+](=O)[O-])c1. The summed E-state index contributed by atoms with van der Waals surface area (Å²) in [5.74, 6) is 0.279. The highest BCUT2D eigenvalue weighted by Crippen LogP contribution is 2.33. The van der Waals surface area contributed by atoms with Gasteiger partial charge in [0.2, 0.25) is 11.6 Å². The van der Waals surface area contributed by atoms with Crippen LogP contribution in [-0.4, -0.2) is 14.9 Å². The summed E-state index contributed by atoms with van der Waals surface area (Å²) in [6.45, 7) is 3.94. The zero-order valence-corrected chi connectivity index (χ0v) is 16.3. The van der Waals surface area contributed by atoms with E-state index in [1.54, 1.807) is 0 Å². The molecule has 0 atom stereocenters. The average molecular weight is 461 g/mol. The quantitative estimate of drug-likeness (QED) is 0.312. The van der Waals surface area contributed by atoms with E-state index >= 15 is 0 Å². The molecular weight excluding hydrogens is 445 g/mol. The lowest BCUT2D eigenvalue weighted by molar-refractivity contribution is -0.383. The highest BCUT2D eigenvalue weighted by atomic mass is 127. The number of benzene rings is 2. The number of aryl methyl sites for hydroxylation is 2. The molecule has 0 aliphatic carbocycles. The van der Waals surface area contributed by atoms with E-state index in [1.165, 1.54) is 6.33 Å². The topological polar surface area (TPSA) is 93.0 Å². The number of nitrogens with zero attached hydrogens (tertiary/aromatic N) is 3. The van der Waals surface area contributed by atoms with Crippen molar-refractivity contribution < 1.29 is 4.92 Å². The molecule has 0 aliphatic heterocycles. The van der Waals surface area contributed by atoms with Crippen molar-refractivity contribution in [2.45, 2.75) is 13.8 Å². The molecule has 1 aromatic heterocycles. The van der Waals surface area contributed by atoms with E-state index in [4.69, 9.17) is 0 Å². The highest BCUT2D eigenvalue weighted by molar-refractivity contribution is 14.1. The van der Waals surface area contributed by atoms with Gasteiger partial charge < -0.3 is 10.6 Å². The molecule has 26 heavy (non-hydrogen) atoms. The number of hydrogen-bond acceptors (Lipinski definition) is 6. The third-order valence-corrected chi connectivity index (χ3v) is 4.32. The molecule has 0 unspecified atom stereocenters. The lowest BCUT2D eigenvalue weighted by Gasteiger charge is -2.11. The normalized spacial score (nSPS) is 10.4. The summed E-state index contributed by atoms with van der Waals surface area (Å²) in [4.78, 5) is 19.3. The molecule has 8 heteroatoms. The number of hydrogen-bond donors (Lipinski definition) is 2. The second kappa shape index (κ2) is 7.65. The fourth-order valence-electron chi connectivity index (χ4n) is 2.59. The summed E-state index contributed by atoms with van der Waals surface area (Å²) in [5, 5.41) is 17.7. The molecule has 0 aliphatic rings. The van der Waals surface area contributed by atoms with E-state index < -0.39 is 4.92 Å². The molecule has 1 heterocycles. The number of halogens is 1. The summed E-state index contributed by atoms with van der Waals surface area (Å²) in [7, 11) is 0. The molecule has 0 bridgehead atoms. The predicted octanol–water partition coefficient (Wildman–Crippen LogP) is 5.09. The van der Waals surface area contributed by atoms with Gasteiger partial charge in [-0.05, 0) is 84.0 Å². The molecule has 3 aromatic rings. The Morgan fingerprint density at radius 1 is 0.923 bits per heavy atom. The van der Waals surface area contributed by atoms with Crippen LogP contribution in [0, 0.1) is 27.5 Å². The summed E-state index contributed by atoms with van der Waals surface area (Å²) >= 11 is 2.20. The summed E-state index contributed by atoms with van der Waals surface area (Å²) in [5.41, 5.74) is 3.36. The van der Waals surface area contributed by atoms with Crippen molar-refractivity contribution >= 4 is 51.3 Å². The average Bonchev–Trinajstić information content (AvgIpc) is 2.56. The zero-order valence-electron chi connectivity index (χ0n) is 14.2. The molecule has 0 saturated heterocycles. The van der Waals surface area contributed by atoms with Gasteiger partial charge in [0.1, 0.15) is 6.33 Å². The molecule has 0 saturated carbocycles. The lowest BCUT2D eigenvalue weighted by atomic mass is 10.1. The summed E-state index contributed by atoms with van der Waals surface area (Å²) in [6, 6.07) is 13.3. The van der Waals surface area contributed by atoms with Crippen LogP contribution in [0.1, 0.15) is 11.1 Å².